The van der Waals surface area contributed by atoms with E-state index in [-0.39, 0.29) is 4.90 Å². The van der Waals surface area contributed by atoms with E-state index in [1.807, 2.05) is 0 Å². The van der Waals surface area contributed by atoms with E-state index < -0.39 is 10.1 Å². The zero-order valence-electron chi connectivity index (χ0n) is 12.7. The molecular formula is C16H26O3S. The molecule has 4 heteroatoms. The first-order valence-corrected chi connectivity index (χ1v) is 8.86. The van der Waals surface area contributed by atoms with Crippen LogP contribution in [-0.4, -0.2) is 13.0 Å². The summed E-state index contributed by atoms with van der Waals surface area (Å²) < 4.78 is 30.9. The van der Waals surface area contributed by atoms with Crippen molar-refractivity contribution in [2.75, 3.05) is 0 Å². The lowest BCUT2D eigenvalue weighted by Gasteiger charge is -2.14. The second-order valence-corrected chi connectivity index (χ2v) is 7.19. The van der Waals surface area contributed by atoms with Crippen LogP contribution in [-0.2, 0) is 10.1 Å². The monoisotopic (exact) mass is 298 g/mol. The molecule has 114 valence electrons. The van der Waals surface area contributed by atoms with Crippen LogP contribution < -0.4 is 0 Å². The summed E-state index contributed by atoms with van der Waals surface area (Å²) in [6.07, 6.45) is 6.09. The SMILES string of the molecule is CCCC(C)CCCC(C)c1ccc(S(=O)(=O)O)cc1. The predicted octanol–water partition coefficient (Wildman–Crippen LogP) is 4.64. The smallest absolute Gasteiger partial charge is 0.282 e. The lowest BCUT2D eigenvalue weighted by molar-refractivity contribution is 0.449. The highest BCUT2D eigenvalue weighted by Gasteiger charge is 2.11. The minimum absolute atomic E-state index is 0.0370. The van der Waals surface area contributed by atoms with Gasteiger partial charge in [0.2, 0.25) is 0 Å². The summed E-state index contributed by atoms with van der Waals surface area (Å²) in [5, 5.41) is 0. The second kappa shape index (κ2) is 7.79. The van der Waals surface area contributed by atoms with Crippen molar-refractivity contribution in [3.8, 4) is 0 Å². The van der Waals surface area contributed by atoms with E-state index in [0.717, 1.165) is 17.9 Å². The number of hydrogen-bond acceptors (Lipinski definition) is 2. The average Bonchev–Trinajstić information content (AvgIpc) is 2.38. The Morgan fingerprint density at radius 1 is 1.05 bits per heavy atom. The Morgan fingerprint density at radius 2 is 1.65 bits per heavy atom. The Hall–Kier alpha value is -0.870. The Balaban J connectivity index is 2.50. The molecule has 0 aliphatic rings. The molecule has 0 aliphatic carbocycles. The lowest BCUT2D eigenvalue weighted by Crippen LogP contribution is -2.00. The molecule has 2 unspecified atom stereocenters. The van der Waals surface area contributed by atoms with Crippen LogP contribution in [0.2, 0.25) is 0 Å². The zero-order chi connectivity index (χ0) is 15.2. The van der Waals surface area contributed by atoms with Crippen molar-refractivity contribution in [1.82, 2.24) is 0 Å². The average molecular weight is 298 g/mol. The molecule has 20 heavy (non-hydrogen) atoms. The van der Waals surface area contributed by atoms with Crippen LogP contribution in [0.15, 0.2) is 29.2 Å². The van der Waals surface area contributed by atoms with Crippen LogP contribution in [0, 0.1) is 5.92 Å². The summed E-state index contributed by atoms with van der Waals surface area (Å²) in [5.74, 6) is 1.20. The topological polar surface area (TPSA) is 54.4 Å². The Bertz CT molecular complexity index is 491. The van der Waals surface area contributed by atoms with Gasteiger partial charge in [0.1, 0.15) is 0 Å². The van der Waals surface area contributed by atoms with Gasteiger partial charge in [0.25, 0.3) is 10.1 Å². The fourth-order valence-corrected chi connectivity index (χ4v) is 3.02. The van der Waals surface area contributed by atoms with Gasteiger partial charge in [0, 0.05) is 0 Å². The maximum Gasteiger partial charge on any atom is 0.294 e. The maximum atomic E-state index is 11.0. The van der Waals surface area contributed by atoms with E-state index in [4.69, 9.17) is 4.55 Å². The Labute approximate surface area is 123 Å². The first kappa shape index (κ1) is 17.2. The molecule has 0 aromatic heterocycles. The molecule has 0 heterocycles. The predicted molar refractivity (Wildman–Crippen MR) is 82.6 cm³/mol. The van der Waals surface area contributed by atoms with Gasteiger partial charge >= 0.3 is 0 Å². The van der Waals surface area contributed by atoms with Gasteiger partial charge in [-0.3, -0.25) is 4.55 Å². The number of hydrogen-bond donors (Lipinski definition) is 1. The van der Waals surface area contributed by atoms with Crippen LogP contribution in [0.3, 0.4) is 0 Å². The van der Waals surface area contributed by atoms with Crippen molar-refractivity contribution in [3.63, 3.8) is 0 Å². The summed E-state index contributed by atoms with van der Waals surface area (Å²) >= 11 is 0. The highest BCUT2D eigenvalue weighted by Crippen LogP contribution is 2.24. The Morgan fingerprint density at radius 3 is 2.15 bits per heavy atom. The van der Waals surface area contributed by atoms with Crippen LogP contribution in [0.25, 0.3) is 0 Å². The maximum absolute atomic E-state index is 11.0. The summed E-state index contributed by atoms with van der Waals surface area (Å²) in [6.45, 7) is 6.68. The van der Waals surface area contributed by atoms with E-state index in [9.17, 15) is 8.42 Å². The second-order valence-electron chi connectivity index (χ2n) is 5.77. The van der Waals surface area contributed by atoms with Gasteiger partial charge in [-0.1, -0.05) is 58.6 Å². The first-order chi connectivity index (χ1) is 9.34. The van der Waals surface area contributed by atoms with Crippen LogP contribution in [0.5, 0.6) is 0 Å². The molecule has 1 N–H and O–H groups in total. The highest BCUT2D eigenvalue weighted by atomic mass is 32.2. The van der Waals surface area contributed by atoms with E-state index >= 15 is 0 Å². The standard InChI is InChI=1S/C16H26O3S/c1-4-6-13(2)7-5-8-14(3)15-9-11-16(12-10-15)20(17,18)19/h9-14H,4-8H2,1-3H3,(H,17,18,19). The number of rotatable bonds is 8. The molecule has 0 saturated carbocycles. The largest absolute Gasteiger partial charge is 0.294 e. The minimum Gasteiger partial charge on any atom is -0.282 e. The molecule has 1 rings (SSSR count). The third-order valence-corrected chi connectivity index (χ3v) is 4.73. The highest BCUT2D eigenvalue weighted by molar-refractivity contribution is 7.85. The fourth-order valence-electron chi connectivity index (χ4n) is 2.54. The molecule has 0 fully saturated rings. The molecule has 0 bridgehead atoms. The molecule has 0 radical (unpaired) electrons. The molecule has 0 saturated heterocycles. The summed E-state index contributed by atoms with van der Waals surface area (Å²) in [4.78, 5) is -0.0370. The molecular weight excluding hydrogens is 272 g/mol. The normalized spacial score (nSPS) is 15.0. The molecule has 0 aliphatic heterocycles. The van der Waals surface area contributed by atoms with Crippen molar-refractivity contribution in [3.05, 3.63) is 29.8 Å². The molecule has 0 amide bonds. The van der Waals surface area contributed by atoms with E-state index in [1.54, 1.807) is 12.1 Å². The van der Waals surface area contributed by atoms with Gasteiger partial charge < -0.3 is 0 Å². The van der Waals surface area contributed by atoms with Gasteiger partial charge in [-0.15, -0.1) is 0 Å². The third-order valence-electron chi connectivity index (χ3n) is 3.86. The summed E-state index contributed by atoms with van der Waals surface area (Å²) in [6, 6.07) is 6.54. The van der Waals surface area contributed by atoms with Crippen LogP contribution in [0.1, 0.15) is 64.4 Å². The van der Waals surface area contributed by atoms with Gasteiger partial charge in [-0.25, -0.2) is 0 Å². The van der Waals surface area contributed by atoms with Crippen molar-refractivity contribution in [2.45, 2.75) is 63.7 Å². The van der Waals surface area contributed by atoms with Crippen molar-refractivity contribution in [2.24, 2.45) is 5.92 Å². The lowest BCUT2D eigenvalue weighted by atomic mass is 9.92. The third kappa shape index (κ3) is 5.63. The summed E-state index contributed by atoms with van der Waals surface area (Å²) in [7, 11) is -4.08. The fraction of sp³-hybridized carbons (Fsp3) is 0.625. The van der Waals surface area contributed by atoms with E-state index in [1.165, 1.54) is 37.8 Å². The van der Waals surface area contributed by atoms with Gasteiger partial charge in [0.15, 0.2) is 0 Å². The molecule has 0 spiro atoms. The van der Waals surface area contributed by atoms with Gasteiger partial charge in [-0.05, 0) is 36.0 Å². The Kier molecular flexibility index (Phi) is 6.69. The molecule has 2 atom stereocenters. The molecule has 1 aromatic carbocycles. The van der Waals surface area contributed by atoms with Crippen LogP contribution in [0.4, 0.5) is 0 Å². The summed E-state index contributed by atoms with van der Waals surface area (Å²) in [5.41, 5.74) is 1.13. The first-order valence-electron chi connectivity index (χ1n) is 7.42. The van der Waals surface area contributed by atoms with Gasteiger partial charge in [-0.2, -0.15) is 8.42 Å². The van der Waals surface area contributed by atoms with E-state index in [0.29, 0.717) is 5.92 Å². The zero-order valence-corrected chi connectivity index (χ0v) is 13.5. The number of benzene rings is 1. The quantitative estimate of drug-likeness (QED) is 0.711. The van der Waals surface area contributed by atoms with Crippen LogP contribution >= 0.6 is 0 Å². The minimum atomic E-state index is -4.08. The molecule has 1 aromatic rings. The molecule has 3 nitrogen and oxygen atoms in total. The van der Waals surface area contributed by atoms with Crippen molar-refractivity contribution in [1.29, 1.82) is 0 Å². The van der Waals surface area contributed by atoms with Crippen molar-refractivity contribution < 1.29 is 13.0 Å². The van der Waals surface area contributed by atoms with E-state index in [2.05, 4.69) is 20.8 Å². The van der Waals surface area contributed by atoms with Crippen molar-refractivity contribution >= 4 is 10.1 Å². The van der Waals surface area contributed by atoms with Gasteiger partial charge in [0.05, 0.1) is 4.90 Å².